The van der Waals surface area contributed by atoms with Gasteiger partial charge in [-0.15, -0.1) is 0 Å². The number of anilines is 1. The number of halogens is 2. The molecule has 0 N–H and O–H groups in total. The second kappa shape index (κ2) is 7.77. The quantitative estimate of drug-likeness (QED) is 0.738. The predicted octanol–water partition coefficient (Wildman–Crippen LogP) is 4.80. The third kappa shape index (κ3) is 4.00. The molecular formula is C24H28F2N2O. The van der Waals surface area contributed by atoms with Crippen molar-refractivity contribution in [3.8, 4) is 0 Å². The van der Waals surface area contributed by atoms with Gasteiger partial charge in [-0.25, -0.2) is 8.78 Å². The zero-order valence-electron chi connectivity index (χ0n) is 17.1. The first-order chi connectivity index (χ1) is 13.8. The third-order valence-corrected chi connectivity index (χ3v) is 6.44. The molecule has 2 aliphatic heterocycles. The van der Waals surface area contributed by atoms with Gasteiger partial charge in [0.05, 0.1) is 0 Å². The molecule has 2 aromatic carbocycles. The first-order valence-electron chi connectivity index (χ1n) is 10.4. The summed E-state index contributed by atoms with van der Waals surface area (Å²) in [7, 11) is 0. The van der Waals surface area contributed by atoms with E-state index in [-0.39, 0.29) is 23.1 Å². The number of hydrogen-bond acceptors (Lipinski definition) is 2. The molecule has 0 aliphatic carbocycles. The topological polar surface area (TPSA) is 23.6 Å². The van der Waals surface area contributed by atoms with E-state index in [0.717, 1.165) is 25.1 Å². The van der Waals surface area contributed by atoms with Crippen molar-refractivity contribution in [3.63, 3.8) is 0 Å². The van der Waals surface area contributed by atoms with Crippen molar-refractivity contribution in [2.24, 2.45) is 5.92 Å². The Morgan fingerprint density at radius 3 is 2.69 bits per heavy atom. The highest BCUT2D eigenvalue weighted by Gasteiger charge is 2.48. The fraction of sp³-hybridized carbons (Fsp3) is 0.458. The van der Waals surface area contributed by atoms with E-state index in [1.165, 1.54) is 12.1 Å². The van der Waals surface area contributed by atoms with Gasteiger partial charge in [0.25, 0.3) is 0 Å². The van der Waals surface area contributed by atoms with Crippen LogP contribution in [0.4, 0.5) is 14.5 Å². The first-order valence-corrected chi connectivity index (χ1v) is 10.4. The lowest BCUT2D eigenvalue weighted by Crippen LogP contribution is -2.50. The molecule has 2 fully saturated rings. The summed E-state index contributed by atoms with van der Waals surface area (Å²) in [6.07, 6.45) is 2.59. The Bertz CT molecular complexity index is 898. The third-order valence-electron chi connectivity index (χ3n) is 6.44. The van der Waals surface area contributed by atoms with Crippen LogP contribution in [0.3, 0.4) is 0 Å². The van der Waals surface area contributed by atoms with Crippen molar-refractivity contribution in [2.75, 3.05) is 18.0 Å². The van der Waals surface area contributed by atoms with Gasteiger partial charge >= 0.3 is 0 Å². The van der Waals surface area contributed by atoms with Gasteiger partial charge in [-0.2, -0.15) is 0 Å². The number of benzene rings is 2. The molecule has 2 saturated heterocycles. The van der Waals surface area contributed by atoms with E-state index in [9.17, 15) is 13.6 Å². The second-order valence-corrected chi connectivity index (χ2v) is 8.91. The standard InChI is InChI=1S/C24H28F2N2O/c1-24(2)15-18-16-27(23(29)11-10-17-6-3-4-9-21(17)26)13-12-22(18)28(24)20-8-5-7-19(25)14-20/h3-9,14,18,22H,10-13,15-16H2,1-2H3/t18-,22+/m1/s1. The molecule has 2 aliphatic rings. The molecule has 0 spiro atoms. The molecule has 2 aromatic rings. The number of nitrogens with zero attached hydrogens (tertiary/aromatic N) is 2. The maximum absolute atomic E-state index is 13.8. The fourth-order valence-corrected chi connectivity index (χ4v) is 5.24. The van der Waals surface area contributed by atoms with E-state index in [2.05, 4.69) is 18.7 Å². The SMILES string of the molecule is CC1(C)C[C@@H]2CN(C(=O)CCc3ccccc3F)CC[C@@H]2N1c1cccc(F)c1. The summed E-state index contributed by atoms with van der Waals surface area (Å²) in [5.74, 6) is -0.0158. The van der Waals surface area contributed by atoms with Crippen LogP contribution in [0, 0.1) is 17.6 Å². The normalized spacial score (nSPS) is 23.2. The number of hydrogen-bond donors (Lipinski definition) is 0. The van der Waals surface area contributed by atoms with E-state index >= 15 is 0 Å². The minimum atomic E-state index is -0.248. The molecular weight excluding hydrogens is 370 g/mol. The van der Waals surface area contributed by atoms with Gasteiger partial charge in [0.2, 0.25) is 5.91 Å². The van der Waals surface area contributed by atoms with Crippen LogP contribution in [0.25, 0.3) is 0 Å². The van der Waals surface area contributed by atoms with Crippen LogP contribution in [-0.4, -0.2) is 35.5 Å². The van der Waals surface area contributed by atoms with Gasteiger partial charge in [0.1, 0.15) is 11.6 Å². The van der Waals surface area contributed by atoms with Crippen LogP contribution >= 0.6 is 0 Å². The number of rotatable bonds is 4. The molecule has 2 atom stereocenters. The average Bonchev–Trinajstić information content (AvgIpc) is 2.95. The molecule has 4 rings (SSSR count). The summed E-state index contributed by atoms with van der Waals surface area (Å²) >= 11 is 0. The largest absolute Gasteiger partial charge is 0.363 e. The molecule has 5 heteroatoms. The number of fused-ring (bicyclic) bond motifs is 1. The van der Waals surface area contributed by atoms with Crippen molar-refractivity contribution >= 4 is 11.6 Å². The zero-order valence-corrected chi connectivity index (χ0v) is 17.1. The Hall–Kier alpha value is -2.43. The summed E-state index contributed by atoms with van der Waals surface area (Å²) in [4.78, 5) is 17.1. The Morgan fingerprint density at radius 1 is 1.14 bits per heavy atom. The molecule has 0 unspecified atom stereocenters. The number of aryl methyl sites for hydroxylation is 1. The Kier molecular flexibility index (Phi) is 5.32. The van der Waals surface area contributed by atoms with Gasteiger partial charge in [0, 0.05) is 36.8 Å². The highest BCUT2D eigenvalue weighted by atomic mass is 19.1. The summed E-state index contributed by atoms with van der Waals surface area (Å²) in [6, 6.07) is 13.8. The molecule has 0 aromatic heterocycles. The Balaban J connectivity index is 1.43. The molecule has 29 heavy (non-hydrogen) atoms. The molecule has 2 heterocycles. The number of carbonyl (C=O) groups is 1. The summed E-state index contributed by atoms with van der Waals surface area (Å²) < 4.78 is 27.6. The lowest BCUT2D eigenvalue weighted by atomic mass is 9.89. The van der Waals surface area contributed by atoms with Crippen LogP contribution in [0.5, 0.6) is 0 Å². The van der Waals surface area contributed by atoms with Gasteiger partial charge in [-0.3, -0.25) is 4.79 Å². The minimum Gasteiger partial charge on any atom is -0.363 e. The van der Waals surface area contributed by atoms with Gasteiger partial charge in [-0.1, -0.05) is 24.3 Å². The van der Waals surface area contributed by atoms with E-state index in [1.54, 1.807) is 30.3 Å². The van der Waals surface area contributed by atoms with E-state index < -0.39 is 0 Å². The van der Waals surface area contributed by atoms with E-state index in [1.807, 2.05) is 11.0 Å². The van der Waals surface area contributed by atoms with Crippen molar-refractivity contribution in [1.29, 1.82) is 0 Å². The monoisotopic (exact) mass is 398 g/mol. The second-order valence-electron chi connectivity index (χ2n) is 8.91. The van der Waals surface area contributed by atoms with Crippen LogP contribution in [0.1, 0.15) is 38.7 Å². The Labute approximate surface area is 171 Å². The molecule has 0 radical (unpaired) electrons. The van der Waals surface area contributed by atoms with Crippen molar-refractivity contribution in [2.45, 2.75) is 51.1 Å². The van der Waals surface area contributed by atoms with Crippen LogP contribution in [0.15, 0.2) is 48.5 Å². The lowest BCUT2D eigenvalue weighted by Gasteiger charge is -2.42. The minimum absolute atomic E-state index is 0.0879. The molecule has 0 saturated carbocycles. The Morgan fingerprint density at radius 2 is 1.93 bits per heavy atom. The number of amides is 1. The van der Waals surface area contributed by atoms with Crippen molar-refractivity contribution in [3.05, 3.63) is 65.7 Å². The molecule has 3 nitrogen and oxygen atoms in total. The van der Waals surface area contributed by atoms with Crippen LogP contribution < -0.4 is 4.90 Å². The molecule has 0 bridgehead atoms. The van der Waals surface area contributed by atoms with Gasteiger partial charge in [0.15, 0.2) is 0 Å². The van der Waals surface area contributed by atoms with Crippen molar-refractivity contribution in [1.82, 2.24) is 4.90 Å². The lowest BCUT2D eigenvalue weighted by molar-refractivity contribution is -0.133. The van der Waals surface area contributed by atoms with Crippen LogP contribution in [-0.2, 0) is 11.2 Å². The first kappa shape index (κ1) is 19.9. The summed E-state index contributed by atoms with van der Waals surface area (Å²) in [6.45, 7) is 5.80. The predicted molar refractivity (Wildman–Crippen MR) is 111 cm³/mol. The number of carbonyl (C=O) groups excluding carboxylic acids is 1. The smallest absolute Gasteiger partial charge is 0.222 e. The van der Waals surface area contributed by atoms with Crippen LogP contribution in [0.2, 0.25) is 0 Å². The van der Waals surface area contributed by atoms with Gasteiger partial charge in [-0.05, 0) is 68.9 Å². The summed E-state index contributed by atoms with van der Waals surface area (Å²) in [5.41, 5.74) is 1.42. The van der Waals surface area contributed by atoms with Gasteiger partial charge < -0.3 is 9.80 Å². The van der Waals surface area contributed by atoms with E-state index in [0.29, 0.717) is 36.9 Å². The zero-order chi connectivity index (χ0) is 20.6. The molecule has 1 amide bonds. The number of likely N-dealkylation sites (tertiary alicyclic amines) is 1. The maximum atomic E-state index is 13.8. The number of piperidine rings is 1. The van der Waals surface area contributed by atoms with E-state index in [4.69, 9.17) is 0 Å². The summed E-state index contributed by atoms with van der Waals surface area (Å²) in [5, 5.41) is 0. The maximum Gasteiger partial charge on any atom is 0.222 e. The highest BCUT2D eigenvalue weighted by molar-refractivity contribution is 5.76. The van der Waals surface area contributed by atoms with Crippen molar-refractivity contribution < 1.29 is 13.6 Å². The average molecular weight is 398 g/mol. The highest BCUT2D eigenvalue weighted by Crippen LogP contribution is 2.44. The fourth-order valence-electron chi connectivity index (χ4n) is 5.24. The molecule has 154 valence electrons.